The van der Waals surface area contributed by atoms with Gasteiger partial charge in [0.1, 0.15) is 5.75 Å². The fourth-order valence-corrected chi connectivity index (χ4v) is 3.16. The fraction of sp³-hybridized carbons (Fsp3) is 0.286. The first-order valence-corrected chi connectivity index (χ1v) is 8.97. The zero-order chi connectivity index (χ0) is 19.2. The van der Waals surface area contributed by atoms with Crippen LogP contribution in [0.1, 0.15) is 22.3 Å². The zero-order valence-corrected chi connectivity index (χ0v) is 16.2. The largest absolute Gasteiger partial charge is 0.496 e. The Labute approximate surface area is 160 Å². The molecule has 0 spiro atoms. The van der Waals surface area contributed by atoms with Gasteiger partial charge >= 0.3 is 0 Å². The number of methoxy groups -OCH3 is 1. The van der Waals surface area contributed by atoms with Crippen LogP contribution >= 0.6 is 0 Å². The first kappa shape index (κ1) is 18.6. The van der Waals surface area contributed by atoms with Gasteiger partial charge in [-0.3, -0.25) is 0 Å². The number of aromatic nitrogens is 3. The number of ether oxygens (including phenoxy) is 1. The van der Waals surface area contributed by atoms with E-state index in [4.69, 9.17) is 4.74 Å². The number of nitrogens with zero attached hydrogens (tertiary/aromatic N) is 3. The third-order valence-electron chi connectivity index (χ3n) is 4.36. The van der Waals surface area contributed by atoms with E-state index in [-0.39, 0.29) is 0 Å². The summed E-state index contributed by atoms with van der Waals surface area (Å²) < 4.78 is 5.38. The second kappa shape index (κ2) is 8.49. The lowest BCUT2D eigenvalue weighted by Crippen LogP contribution is -2.10. The minimum absolute atomic E-state index is 0.498. The van der Waals surface area contributed by atoms with Gasteiger partial charge < -0.3 is 15.4 Å². The van der Waals surface area contributed by atoms with Gasteiger partial charge in [-0.1, -0.05) is 35.9 Å². The molecule has 0 bridgehead atoms. The van der Waals surface area contributed by atoms with E-state index in [0.29, 0.717) is 18.3 Å². The predicted octanol–water partition coefficient (Wildman–Crippen LogP) is 4.20. The molecule has 0 saturated carbocycles. The molecular weight excluding hydrogens is 338 g/mol. The summed E-state index contributed by atoms with van der Waals surface area (Å²) in [6.45, 7) is 6.96. The van der Waals surface area contributed by atoms with Crippen molar-refractivity contribution in [2.24, 2.45) is 0 Å². The van der Waals surface area contributed by atoms with Crippen molar-refractivity contribution in [3.05, 3.63) is 64.8 Å². The van der Waals surface area contributed by atoms with E-state index in [1.807, 2.05) is 18.2 Å². The Balaban J connectivity index is 1.66. The molecule has 1 aromatic heterocycles. The van der Waals surface area contributed by atoms with Crippen LogP contribution in [-0.2, 0) is 6.42 Å². The molecular formula is C21H25N5O. The minimum Gasteiger partial charge on any atom is -0.496 e. The van der Waals surface area contributed by atoms with Crippen LogP contribution in [0, 0.1) is 20.8 Å². The van der Waals surface area contributed by atoms with Gasteiger partial charge in [0.25, 0.3) is 0 Å². The molecule has 0 aliphatic carbocycles. The molecule has 2 aromatic carbocycles. The maximum absolute atomic E-state index is 5.38. The van der Waals surface area contributed by atoms with Crippen molar-refractivity contribution in [3.8, 4) is 5.75 Å². The first-order valence-electron chi connectivity index (χ1n) is 8.97. The molecule has 0 atom stereocenters. The molecule has 2 N–H and O–H groups in total. The number of para-hydroxylation sites is 1. The third kappa shape index (κ3) is 4.73. The summed E-state index contributed by atoms with van der Waals surface area (Å²) in [6.07, 6.45) is 2.44. The molecule has 0 amide bonds. The number of rotatable bonds is 7. The molecule has 1 heterocycles. The molecule has 6 nitrogen and oxygen atoms in total. The van der Waals surface area contributed by atoms with Crippen LogP contribution in [0.2, 0.25) is 0 Å². The number of hydrogen-bond donors (Lipinski definition) is 2. The van der Waals surface area contributed by atoms with Crippen LogP contribution in [0.5, 0.6) is 5.75 Å². The fourth-order valence-electron chi connectivity index (χ4n) is 3.16. The first-order chi connectivity index (χ1) is 13.1. The van der Waals surface area contributed by atoms with Crippen molar-refractivity contribution in [1.82, 2.24) is 15.2 Å². The van der Waals surface area contributed by atoms with E-state index >= 15 is 0 Å². The zero-order valence-electron chi connectivity index (χ0n) is 16.2. The summed E-state index contributed by atoms with van der Waals surface area (Å²) in [4.78, 5) is 4.52. The van der Waals surface area contributed by atoms with E-state index in [9.17, 15) is 0 Å². The Morgan fingerprint density at radius 1 is 1.04 bits per heavy atom. The smallest absolute Gasteiger partial charge is 0.244 e. The topological polar surface area (TPSA) is 72.0 Å². The predicted molar refractivity (Wildman–Crippen MR) is 109 cm³/mol. The Kier molecular flexibility index (Phi) is 5.86. The second-order valence-corrected chi connectivity index (χ2v) is 6.55. The lowest BCUT2D eigenvalue weighted by molar-refractivity contribution is 0.410. The van der Waals surface area contributed by atoms with Gasteiger partial charge in [-0.2, -0.15) is 10.1 Å². The highest BCUT2D eigenvalue weighted by Crippen LogP contribution is 2.25. The molecule has 0 aliphatic heterocycles. The standard InChI is InChI=1S/C21H25N5O/c1-14-11-15(2)20(16(3)12-14)24-19-13-23-26-21(25-19)22-10-9-17-7-5-6-8-18(17)27-4/h5-8,11-13H,9-10H2,1-4H3,(H2,22,24,25,26). The summed E-state index contributed by atoms with van der Waals surface area (Å²) >= 11 is 0. The van der Waals surface area contributed by atoms with Gasteiger partial charge in [-0.25, -0.2) is 0 Å². The summed E-state index contributed by atoms with van der Waals surface area (Å²) in [6, 6.07) is 12.3. The number of nitrogens with one attached hydrogen (secondary N) is 2. The summed E-state index contributed by atoms with van der Waals surface area (Å²) in [5.74, 6) is 2.05. The second-order valence-electron chi connectivity index (χ2n) is 6.55. The number of hydrogen-bond acceptors (Lipinski definition) is 6. The van der Waals surface area contributed by atoms with Crippen LogP contribution in [0.4, 0.5) is 17.5 Å². The highest BCUT2D eigenvalue weighted by Gasteiger charge is 2.07. The normalized spacial score (nSPS) is 10.5. The maximum atomic E-state index is 5.38. The van der Waals surface area contributed by atoms with E-state index in [2.05, 4.69) is 64.8 Å². The third-order valence-corrected chi connectivity index (χ3v) is 4.36. The van der Waals surface area contributed by atoms with Gasteiger partial charge in [0.15, 0.2) is 5.82 Å². The molecule has 3 rings (SSSR count). The lowest BCUT2D eigenvalue weighted by Gasteiger charge is -2.13. The minimum atomic E-state index is 0.498. The van der Waals surface area contributed by atoms with Gasteiger partial charge in [-0.05, 0) is 49.9 Å². The number of benzene rings is 2. The van der Waals surface area contributed by atoms with Crippen LogP contribution in [-0.4, -0.2) is 28.8 Å². The molecule has 140 valence electrons. The van der Waals surface area contributed by atoms with Crippen molar-refractivity contribution in [2.45, 2.75) is 27.2 Å². The molecule has 27 heavy (non-hydrogen) atoms. The highest BCUT2D eigenvalue weighted by atomic mass is 16.5. The summed E-state index contributed by atoms with van der Waals surface area (Å²) in [5.41, 5.74) is 5.80. The van der Waals surface area contributed by atoms with E-state index in [1.165, 1.54) is 16.7 Å². The van der Waals surface area contributed by atoms with Gasteiger partial charge in [-0.15, -0.1) is 5.10 Å². The van der Waals surface area contributed by atoms with Crippen molar-refractivity contribution in [2.75, 3.05) is 24.3 Å². The van der Waals surface area contributed by atoms with Crippen LogP contribution in [0.25, 0.3) is 0 Å². The Morgan fingerprint density at radius 3 is 2.52 bits per heavy atom. The lowest BCUT2D eigenvalue weighted by atomic mass is 10.1. The molecule has 0 radical (unpaired) electrons. The quantitative estimate of drug-likeness (QED) is 0.655. The number of aryl methyl sites for hydroxylation is 3. The molecule has 0 fully saturated rings. The Bertz CT molecular complexity index is 903. The summed E-state index contributed by atoms with van der Waals surface area (Å²) in [5, 5.41) is 14.7. The molecule has 6 heteroatoms. The van der Waals surface area contributed by atoms with Crippen molar-refractivity contribution >= 4 is 17.5 Å². The summed E-state index contributed by atoms with van der Waals surface area (Å²) in [7, 11) is 1.68. The van der Waals surface area contributed by atoms with E-state index in [1.54, 1.807) is 13.3 Å². The average Bonchev–Trinajstić information content (AvgIpc) is 2.65. The Hall–Kier alpha value is -3.15. The van der Waals surface area contributed by atoms with Crippen molar-refractivity contribution < 1.29 is 4.74 Å². The van der Waals surface area contributed by atoms with Gasteiger partial charge in [0, 0.05) is 12.2 Å². The highest BCUT2D eigenvalue weighted by molar-refractivity contribution is 5.65. The molecule has 0 aliphatic rings. The maximum Gasteiger partial charge on any atom is 0.244 e. The molecule has 0 saturated heterocycles. The van der Waals surface area contributed by atoms with Crippen molar-refractivity contribution in [3.63, 3.8) is 0 Å². The SMILES string of the molecule is COc1ccccc1CCNc1nncc(Nc2c(C)cc(C)cc2C)n1. The van der Waals surface area contributed by atoms with Crippen LogP contribution in [0.15, 0.2) is 42.6 Å². The van der Waals surface area contributed by atoms with E-state index in [0.717, 1.165) is 23.4 Å². The van der Waals surface area contributed by atoms with Gasteiger partial charge in [0.05, 0.1) is 13.3 Å². The molecule has 0 unspecified atom stereocenters. The van der Waals surface area contributed by atoms with E-state index < -0.39 is 0 Å². The van der Waals surface area contributed by atoms with Crippen molar-refractivity contribution in [1.29, 1.82) is 0 Å². The number of anilines is 3. The average molecular weight is 363 g/mol. The Morgan fingerprint density at radius 2 is 1.78 bits per heavy atom. The monoisotopic (exact) mass is 363 g/mol. The molecule has 3 aromatic rings. The van der Waals surface area contributed by atoms with Gasteiger partial charge in [0.2, 0.25) is 5.95 Å². The van der Waals surface area contributed by atoms with Crippen LogP contribution in [0.3, 0.4) is 0 Å². The van der Waals surface area contributed by atoms with Crippen LogP contribution < -0.4 is 15.4 Å².